The highest BCUT2D eigenvalue weighted by Crippen LogP contribution is 2.18. The van der Waals surface area contributed by atoms with Gasteiger partial charge in [-0.2, -0.15) is 0 Å². The zero-order valence-electron chi connectivity index (χ0n) is 11.5. The molecule has 0 amide bonds. The van der Waals surface area contributed by atoms with Gasteiger partial charge in [-0.05, 0) is 35.9 Å². The van der Waals surface area contributed by atoms with Crippen molar-refractivity contribution in [3.63, 3.8) is 0 Å². The Morgan fingerprint density at radius 2 is 1.73 bits per heavy atom. The molecule has 0 fully saturated rings. The minimum atomic E-state index is 0.760. The number of aromatic nitrogens is 4. The van der Waals surface area contributed by atoms with Crippen LogP contribution in [0.4, 0.5) is 0 Å². The Balaban J connectivity index is 1.79. The topological polar surface area (TPSA) is 43.1 Å². The van der Waals surface area contributed by atoms with Crippen molar-refractivity contribution < 1.29 is 0 Å². The van der Waals surface area contributed by atoms with Gasteiger partial charge in [0.1, 0.15) is 6.33 Å². The Kier molecular flexibility index (Phi) is 3.20. The van der Waals surface area contributed by atoms with E-state index in [2.05, 4.69) is 31.1 Å². The van der Waals surface area contributed by atoms with Crippen LogP contribution >= 0.6 is 15.9 Å². The summed E-state index contributed by atoms with van der Waals surface area (Å²) in [5, 5.41) is 9.54. The molecule has 4 nitrogen and oxygen atoms in total. The summed E-state index contributed by atoms with van der Waals surface area (Å²) < 4.78 is 2.96. The number of para-hydroxylation sites is 1. The molecule has 0 aliphatic rings. The van der Waals surface area contributed by atoms with Crippen LogP contribution < -0.4 is 0 Å². The molecule has 0 saturated carbocycles. The maximum atomic E-state index is 4.45. The third-order valence-electron chi connectivity index (χ3n) is 3.47. The van der Waals surface area contributed by atoms with E-state index in [9.17, 15) is 0 Å². The lowest BCUT2D eigenvalue weighted by atomic mass is 10.2. The van der Waals surface area contributed by atoms with E-state index in [0.717, 1.165) is 32.4 Å². The average Bonchev–Trinajstić information content (AvgIpc) is 2.98. The molecular formula is C17H11BrN4. The molecule has 0 saturated heterocycles. The summed E-state index contributed by atoms with van der Waals surface area (Å²) >= 11 is 3.43. The summed E-state index contributed by atoms with van der Waals surface area (Å²) in [6.07, 6.45) is 5.72. The van der Waals surface area contributed by atoms with E-state index in [1.807, 2.05) is 65.1 Å². The molecule has 0 atom stereocenters. The largest absolute Gasteiger partial charge is 0.265 e. The molecule has 0 N–H and O–H groups in total. The van der Waals surface area contributed by atoms with E-state index in [1.54, 1.807) is 6.33 Å². The van der Waals surface area contributed by atoms with Crippen LogP contribution in [0.1, 0.15) is 11.4 Å². The van der Waals surface area contributed by atoms with Gasteiger partial charge in [0.05, 0.1) is 5.52 Å². The molecule has 106 valence electrons. The van der Waals surface area contributed by atoms with Crippen molar-refractivity contribution in [3.8, 4) is 0 Å². The predicted octanol–water partition coefficient (Wildman–Crippen LogP) is 4.21. The molecule has 0 aliphatic heterocycles. The third-order valence-corrected chi connectivity index (χ3v) is 4.00. The molecule has 0 radical (unpaired) electrons. The van der Waals surface area contributed by atoms with Gasteiger partial charge in [-0.3, -0.25) is 4.40 Å². The van der Waals surface area contributed by atoms with Crippen LogP contribution in [0, 0.1) is 0 Å². The highest BCUT2D eigenvalue weighted by molar-refractivity contribution is 9.10. The van der Waals surface area contributed by atoms with Gasteiger partial charge in [0.25, 0.3) is 0 Å². The van der Waals surface area contributed by atoms with Gasteiger partial charge in [-0.1, -0.05) is 46.3 Å². The average molecular weight is 351 g/mol. The number of benzene rings is 2. The molecule has 4 rings (SSSR count). The summed E-state index contributed by atoms with van der Waals surface area (Å²) in [5.41, 5.74) is 2.85. The Labute approximate surface area is 135 Å². The smallest absolute Gasteiger partial charge is 0.171 e. The van der Waals surface area contributed by atoms with Crippen molar-refractivity contribution in [2.45, 2.75) is 0 Å². The van der Waals surface area contributed by atoms with Crippen molar-refractivity contribution in [3.05, 3.63) is 70.7 Å². The summed E-state index contributed by atoms with van der Waals surface area (Å²) in [5.74, 6) is 0.760. The highest BCUT2D eigenvalue weighted by Gasteiger charge is 2.06. The van der Waals surface area contributed by atoms with Crippen molar-refractivity contribution in [2.75, 3.05) is 0 Å². The lowest BCUT2D eigenvalue weighted by Gasteiger charge is -1.99. The van der Waals surface area contributed by atoms with Gasteiger partial charge >= 0.3 is 0 Å². The molecule has 4 aromatic rings. The van der Waals surface area contributed by atoms with Crippen molar-refractivity contribution in [2.24, 2.45) is 0 Å². The normalized spacial score (nSPS) is 11.7. The molecule has 5 heteroatoms. The number of fused-ring (bicyclic) bond motifs is 3. The first kappa shape index (κ1) is 13.2. The Morgan fingerprint density at radius 3 is 2.59 bits per heavy atom. The monoisotopic (exact) mass is 350 g/mol. The SMILES string of the molecule is Brc1ccc(/C=C/c2nnc3c4ccccc4ncn23)cc1. The summed E-state index contributed by atoms with van der Waals surface area (Å²) in [6, 6.07) is 16.0. The quantitative estimate of drug-likeness (QED) is 0.543. The van der Waals surface area contributed by atoms with Crippen LogP contribution in [-0.4, -0.2) is 19.6 Å². The van der Waals surface area contributed by atoms with E-state index >= 15 is 0 Å². The zero-order valence-corrected chi connectivity index (χ0v) is 13.1. The molecule has 0 bridgehead atoms. The lowest BCUT2D eigenvalue weighted by Crippen LogP contribution is -1.91. The summed E-state index contributed by atoms with van der Waals surface area (Å²) in [6.45, 7) is 0. The molecule has 22 heavy (non-hydrogen) atoms. The van der Waals surface area contributed by atoms with Gasteiger partial charge in [0.15, 0.2) is 11.5 Å². The lowest BCUT2D eigenvalue weighted by molar-refractivity contribution is 1.06. The minimum Gasteiger partial charge on any atom is -0.265 e. The van der Waals surface area contributed by atoms with Gasteiger partial charge in [-0.25, -0.2) is 4.98 Å². The Hall–Kier alpha value is -2.53. The van der Waals surface area contributed by atoms with Gasteiger partial charge in [-0.15, -0.1) is 10.2 Å². The van der Waals surface area contributed by atoms with Crippen LogP contribution in [-0.2, 0) is 0 Å². The molecule has 2 aromatic heterocycles. The maximum Gasteiger partial charge on any atom is 0.171 e. The summed E-state index contributed by atoms with van der Waals surface area (Å²) in [7, 11) is 0. The fraction of sp³-hybridized carbons (Fsp3) is 0. The Morgan fingerprint density at radius 1 is 0.909 bits per heavy atom. The predicted molar refractivity (Wildman–Crippen MR) is 91.4 cm³/mol. The van der Waals surface area contributed by atoms with Crippen molar-refractivity contribution >= 4 is 44.6 Å². The number of halogens is 1. The fourth-order valence-corrected chi connectivity index (χ4v) is 2.62. The second-order valence-corrected chi connectivity index (χ2v) is 5.81. The second kappa shape index (κ2) is 5.35. The molecule has 0 aliphatic carbocycles. The number of hydrogen-bond acceptors (Lipinski definition) is 3. The first-order valence-corrected chi connectivity index (χ1v) is 7.63. The van der Waals surface area contributed by atoms with Crippen LogP contribution in [0.25, 0.3) is 28.7 Å². The first-order chi connectivity index (χ1) is 10.8. The van der Waals surface area contributed by atoms with E-state index in [4.69, 9.17) is 0 Å². The van der Waals surface area contributed by atoms with E-state index in [0.29, 0.717) is 0 Å². The fourth-order valence-electron chi connectivity index (χ4n) is 2.35. The molecule has 2 aromatic carbocycles. The van der Waals surface area contributed by atoms with Crippen LogP contribution in [0.15, 0.2) is 59.3 Å². The van der Waals surface area contributed by atoms with Gasteiger partial charge in [0, 0.05) is 9.86 Å². The highest BCUT2D eigenvalue weighted by atomic mass is 79.9. The van der Waals surface area contributed by atoms with Crippen molar-refractivity contribution in [1.82, 2.24) is 19.6 Å². The molecule has 0 spiro atoms. The first-order valence-electron chi connectivity index (χ1n) is 6.83. The molecule has 2 heterocycles. The summed E-state index contributed by atoms with van der Waals surface area (Å²) in [4.78, 5) is 4.45. The number of rotatable bonds is 2. The van der Waals surface area contributed by atoms with Gasteiger partial charge < -0.3 is 0 Å². The standard InChI is InChI=1S/C17H11BrN4/c18-13-8-5-12(6-9-13)7-10-16-20-21-17-14-3-1-2-4-15(14)19-11-22(16)17/h1-11H/b10-7+. The maximum absolute atomic E-state index is 4.45. The second-order valence-electron chi connectivity index (χ2n) is 4.90. The van der Waals surface area contributed by atoms with Gasteiger partial charge in [0.2, 0.25) is 0 Å². The van der Waals surface area contributed by atoms with Crippen LogP contribution in [0.5, 0.6) is 0 Å². The molecular weight excluding hydrogens is 340 g/mol. The number of hydrogen-bond donors (Lipinski definition) is 0. The van der Waals surface area contributed by atoms with Crippen LogP contribution in [0.3, 0.4) is 0 Å². The molecule has 0 unspecified atom stereocenters. The third kappa shape index (κ3) is 2.29. The van der Waals surface area contributed by atoms with E-state index in [1.165, 1.54) is 0 Å². The Bertz CT molecular complexity index is 987. The number of nitrogens with zero attached hydrogens (tertiary/aromatic N) is 4. The zero-order chi connectivity index (χ0) is 14.9. The van der Waals surface area contributed by atoms with Crippen molar-refractivity contribution in [1.29, 1.82) is 0 Å². The minimum absolute atomic E-state index is 0.760. The van der Waals surface area contributed by atoms with E-state index in [-0.39, 0.29) is 0 Å². The van der Waals surface area contributed by atoms with Crippen LogP contribution in [0.2, 0.25) is 0 Å². The van der Waals surface area contributed by atoms with E-state index < -0.39 is 0 Å².